The molecule has 1 amide bonds. The fourth-order valence-corrected chi connectivity index (χ4v) is 3.25. The van der Waals surface area contributed by atoms with Crippen LogP contribution in [0.15, 0.2) is 53.9 Å². The first-order chi connectivity index (χ1) is 13.5. The van der Waals surface area contributed by atoms with E-state index in [9.17, 15) is 4.79 Å². The largest absolute Gasteiger partial charge is 0.494 e. The lowest BCUT2D eigenvalue weighted by Gasteiger charge is -2.09. The summed E-state index contributed by atoms with van der Waals surface area (Å²) in [4.78, 5) is 17.0. The van der Waals surface area contributed by atoms with Gasteiger partial charge in [0, 0.05) is 16.5 Å². The van der Waals surface area contributed by atoms with E-state index in [2.05, 4.69) is 17.2 Å². The van der Waals surface area contributed by atoms with Gasteiger partial charge in [0.2, 0.25) is 0 Å². The smallest absolute Gasteiger partial charge is 0.257 e. The Morgan fingerprint density at radius 2 is 1.75 bits per heavy atom. The number of anilines is 1. The Bertz CT molecular complexity index is 902. The van der Waals surface area contributed by atoms with E-state index in [0.29, 0.717) is 17.3 Å². The first-order valence-electron chi connectivity index (χ1n) is 9.32. The molecule has 0 saturated heterocycles. The molecule has 0 aliphatic rings. The topological polar surface area (TPSA) is 60.5 Å². The number of nitrogens with one attached hydrogen (secondary N) is 1. The van der Waals surface area contributed by atoms with Gasteiger partial charge in [-0.15, -0.1) is 11.3 Å². The lowest BCUT2D eigenvalue weighted by Crippen LogP contribution is -2.12. The number of hydrogen-bond acceptors (Lipinski definition) is 5. The minimum atomic E-state index is -0.194. The normalized spacial score (nSPS) is 10.7. The van der Waals surface area contributed by atoms with Crippen LogP contribution in [0.5, 0.6) is 11.5 Å². The number of benzene rings is 2. The van der Waals surface area contributed by atoms with E-state index in [1.165, 1.54) is 11.3 Å². The van der Waals surface area contributed by atoms with Crippen molar-refractivity contribution in [1.82, 2.24) is 4.98 Å². The molecule has 28 heavy (non-hydrogen) atoms. The van der Waals surface area contributed by atoms with Crippen LogP contribution in [-0.2, 0) is 0 Å². The van der Waals surface area contributed by atoms with Gasteiger partial charge in [0.05, 0.1) is 18.4 Å². The Balaban J connectivity index is 1.63. The van der Waals surface area contributed by atoms with Gasteiger partial charge in [0.25, 0.3) is 5.91 Å². The van der Waals surface area contributed by atoms with Gasteiger partial charge in [0.1, 0.15) is 11.5 Å². The van der Waals surface area contributed by atoms with E-state index in [4.69, 9.17) is 9.47 Å². The zero-order chi connectivity index (χ0) is 19.9. The summed E-state index contributed by atoms with van der Waals surface area (Å²) in [5, 5.41) is 5.34. The van der Waals surface area contributed by atoms with Gasteiger partial charge >= 0.3 is 0 Å². The first kappa shape index (κ1) is 19.9. The van der Waals surface area contributed by atoms with Crippen molar-refractivity contribution in [1.29, 1.82) is 0 Å². The van der Waals surface area contributed by atoms with Crippen LogP contribution in [0.2, 0.25) is 0 Å². The number of carbonyl (C=O) groups excluding carboxylic acids is 1. The maximum Gasteiger partial charge on any atom is 0.257 e. The van der Waals surface area contributed by atoms with Gasteiger partial charge in [-0.25, -0.2) is 4.98 Å². The minimum absolute atomic E-state index is 0.0979. The molecule has 0 saturated carbocycles. The second-order valence-corrected chi connectivity index (χ2v) is 7.41. The molecular formula is C22H24N2O3S. The standard InChI is InChI=1S/C22H24N2O3S/c1-4-13-26-18-9-5-16(6-10-18)20-14-28-22(23-20)24-21(25)17-7-11-19(12-8-17)27-15(2)3/h5-12,14-15H,4,13H2,1-3H3,(H,23,24,25). The fraction of sp³-hybridized carbons (Fsp3) is 0.273. The molecule has 146 valence electrons. The fourth-order valence-electron chi connectivity index (χ4n) is 2.53. The summed E-state index contributed by atoms with van der Waals surface area (Å²) in [6, 6.07) is 14.9. The molecule has 0 unspecified atom stereocenters. The molecular weight excluding hydrogens is 372 g/mol. The quantitative estimate of drug-likeness (QED) is 0.535. The van der Waals surface area contributed by atoms with Crippen LogP contribution >= 0.6 is 11.3 Å². The van der Waals surface area contributed by atoms with Crippen LogP contribution < -0.4 is 14.8 Å². The molecule has 0 bridgehead atoms. The third-order valence-corrected chi connectivity index (χ3v) is 4.59. The summed E-state index contributed by atoms with van der Waals surface area (Å²) in [6.45, 7) is 6.71. The van der Waals surface area contributed by atoms with Crippen molar-refractivity contribution < 1.29 is 14.3 Å². The molecule has 0 atom stereocenters. The van der Waals surface area contributed by atoms with Crippen molar-refractivity contribution in [2.45, 2.75) is 33.3 Å². The van der Waals surface area contributed by atoms with Gasteiger partial charge in [-0.1, -0.05) is 6.92 Å². The highest BCUT2D eigenvalue weighted by molar-refractivity contribution is 7.14. The van der Waals surface area contributed by atoms with E-state index in [1.54, 1.807) is 24.3 Å². The second-order valence-electron chi connectivity index (χ2n) is 6.56. The van der Waals surface area contributed by atoms with Crippen LogP contribution in [0.1, 0.15) is 37.6 Å². The van der Waals surface area contributed by atoms with Gasteiger partial charge < -0.3 is 9.47 Å². The average molecular weight is 397 g/mol. The van der Waals surface area contributed by atoms with Crippen LogP contribution in [0.4, 0.5) is 5.13 Å². The summed E-state index contributed by atoms with van der Waals surface area (Å²) < 4.78 is 11.2. The zero-order valence-electron chi connectivity index (χ0n) is 16.3. The van der Waals surface area contributed by atoms with E-state index >= 15 is 0 Å². The van der Waals surface area contributed by atoms with Crippen molar-refractivity contribution in [3.8, 4) is 22.8 Å². The molecule has 0 radical (unpaired) electrons. The highest BCUT2D eigenvalue weighted by atomic mass is 32.1. The number of aromatic nitrogens is 1. The van der Waals surface area contributed by atoms with E-state index in [-0.39, 0.29) is 12.0 Å². The summed E-state index contributed by atoms with van der Waals surface area (Å²) in [7, 11) is 0. The van der Waals surface area contributed by atoms with E-state index in [0.717, 1.165) is 29.2 Å². The molecule has 6 heteroatoms. The van der Waals surface area contributed by atoms with Crippen molar-refractivity contribution in [2.75, 3.05) is 11.9 Å². The highest BCUT2D eigenvalue weighted by Crippen LogP contribution is 2.27. The van der Waals surface area contributed by atoms with Gasteiger partial charge in [-0.05, 0) is 68.8 Å². The number of amides is 1. The lowest BCUT2D eigenvalue weighted by molar-refractivity contribution is 0.102. The summed E-state index contributed by atoms with van der Waals surface area (Å²) in [6.07, 6.45) is 1.07. The molecule has 3 aromatic rings. The predicted octanol–water partition coefficient (Wildman–Crippen LogP) is 5.64. The third-order valence-electron chi connectivity index (χ3n) is 3.84. The Hall–Kier alpha value is -2.86. The Morgan fingerprint density at radius 1 is 1.07 bits per heavy atom. The van der Waals surface area contributed by atoms with Crippen molar-refractivity contribution >= 4 is 22.4 Å². The molecule has 0 aliphatic heterocycles. The molecule has 0 spiro atoms. The summed E-state index contributed by atoms with van der Waals surface area (Å²) >= 11 is 1.40. The Labute approximate surface area is 169 Å². The Morgan fingerprint density at radius 3 is 2.39 bits per heavy atom. The van der Waals surface area contributed by atoms with Crippen LogP contribution in [-0.4, -0.2) is 23.6 Å². The molecule has 2 aromatic carbocycles. The van der Waals surface area contributed by atoms with Crippen molar-refractivity contribution in [3.05, 3.63) is 59.5 Å². The van der Waals surface area contributed by atoms with E-state index in [1.807, 2.05) is 43.5 Å². The molecule has 0 fully saturated rings. The number of hydrogen-bond donors (Lipinski definition) is 1. The zero-order valence-corrected chi connectivity index (χ0v) is 17.1. The summed E-state index contributed by atoms with van der Waals surface area (Å²) in [5.74, 6) is 1.40. The number of nitrogens with zero attached hydrogens (tertiary/aromatic N) is 1. The van der Waals surface area contributed by atoms with Crippen molar-refractivity contribution in [3.63, 3.8) is 0 Å². The number of ether oxygens (including phenoxy) is 2. The summed E-state index contributed by atoms with van der Waals surface area (Å²) in [5.41, 5.74) is 2.36. The van der Waals surface area contributed by atoms with Crippen LogP contribution in [0.3, 0.4) is 0 Å². The lowest BCUT2D eigenvalue weighted by atomic mass is 10.2. The molecule has 1 aromatic heterocycles. The monoisotopic (exact) mass is 396 g/mol. The Kier molecular flexibility index (Phi) is 6.66. The average Bonchev–Trinajstić information content (AvgIpc) is 3.15. The van der Waals surface area contributed by atoms with Gasteiger partial charge in [-0.2, -0.15) is 0 Å². The van der Waals surface area contributed by atoms with Crippen LogP contribution in [0, 0.1) is 0 Å². The first-order valence-corrected chi connectivity index (χ1v) is 10.2. The second kappa shape index (κ2) is 9.37. The number of thiazole rings is 1. The number of carbonyl (C=O) groups is 1. The third kappa shape index (κ3) is 5.33. The predicted molar refractivity (Wildman–Crippen MR) is 113 cm³/mol. The maximum absolute atomic E-state index is 12.4. The SMILES string of the molecule is CCCOc1ccc(-c2csc(NC(=O)c3ccc(OC(C)C)cc3)n2)cc1. The number of rotatable bonds is 8. The molecule has 0 aliphatic carbocycles. The van der Waals surface area contributed by atoms with Gasteiger partial charge in [-0.3, -0.25) is 10.1 Å². The molecule has 1 heterocycles. The van der Waals surface area contributed by atoms with Gasteiger partial charge in [0.15, 0.2) is 5.13 Å². The molecule has 5 nitrogen and oxygen atoms in total. The van der Waals surface area contributed by atoms with Crippen molar-refractivity contribution in [2.24, 2.45) is 0 Å². The highest BCUT2D eigenvalue weighted by Gasteiger charge is 2.11. The van der Waals surface area contributed by atoms with E-state index < -0.39 is 0 Å². The van der Waals surface area contributed by atoms with Crippen LogP contribution in [0.25, 0.3) is 11.3 Å². The minimum Gasteiger partial charge on any atom is -0.494 e. The maximum atomic E-state index is 12.4. The molecule has 1 N–H and O–H groups in total. The molecule has 3 rings (SSSR count).